The first-order valence-electron chi connectivity index (χ1n) is 8.81. The van der Waals surface area contributed by atoms with Crippen molar-refractivity contribution in [3.63, 3.8) is 0 Å². The fourth-order valence-electron chi connectivity index (χ4n) is 2.84. The number of para-hydroxylation sites is 1. The Morgan fingerprint density at radius 1 is 1.12 bits per heavy atom. The van der Waals surface area contributed by atoms with Crippen molar-refractivity contribution in [2.75, 3.05) is 31.4 Å². The van der Waals surface area contributed by atoms with Gasteiger partial charge in [0, 0.05) is 24.7 Å². The first-order chi connectivity index (χ1) is 12.5. The van der Waals surface area contributed by atoms with Gasteiger partial charge in [-0.15, -0.1) is 0 Å². The molecule has 5 heteroatoms. The predicted octanol–water partition coefficient (Wildman–Crippen LogP) is 4.58. The van der Waals surface area contributed by atoms with E-state index in [2.05, 4.69) is 49.6 Å². The number of anilines is 2. The van der Waals surface area contributed by atoms with E-state index in [1.807, 2.05) is 0 Å². The third-order valence-electron chi connectivity index (χ3n) is 4.26. The van der Waals surface area contributed by atoms with Crippen molar-refractivity contribution in [3.05, 3.63) is 47.5 Å². The third-order valence-corrected chi connectivity index (χ3v) is 4.26. The van der Waals surface area contributed by atoms with E-state index in [-0.39, 0.29) is 5.91 Å². The number of amides is 1. The van der Waals surface area contributed by atoms with Gasteiger partial charge in [-0.1, -0.05) is 32.0 Å². The Labute approximate surface area is 155 Å². The van der Waals surface area contributed by atoms with Crippen LogP contribution < -0.4 is 20.1 Å². The van der Waals surface area contributed by atoms with Gasteiger partial charge in [0.15, 0.2) is 0 Å². The van der Waals surface area contributed by atoms with Gasteiger partial charge in [-0.2, -0.15) is 0 Å². The number of rotatable bonds is 8. The molecule has 2 rings (SSSR count). The standard InChI is InChI=1S/C21H28N2O3/c1-14(2)17-8-6-7-15(3)21(17)22-12-11-20(24)23-18-13-16(25-4)9-10-19(18)26-5/h6-10,13-14,22H,11-12H2,1-5H3,(H,23,24). The molecule has 0 bridgehead atoms. The van der Waals surface area contributed by atoms with Gasteiger partial charge < -0.3 is 20.1 Å². The summed E-state index contributed by atoms with van der Waals surface area (Å²) in [6.45, 7) is 6.97. The Morgan fingerprint density at radius 2 is 1.88 bits per heavy atom. The van der Waals surface area contributed by atoms with E-state index in [1.165, 1.54) is 11.1 Å². The highest BCUT2D eigenvalue weighted by Gasteiger charge is 2.11. The van der Waals surface area contributed by atoms with Crippen LogP contribution in [0.4, 0.5) is 11.4 Å². The van der Waals surface area contributed by atoms with E-state index in [0.29, 0.717) is 36.1 Å². The zero-order valence-electron chi connectivity index (χ0n) is 16.2. The molecule has 0 unspecified atom stereocenters. The highest BCUT2D eigenvalue weighted by molar-refractivity contribution is 5.92. The quantitative estimate of drug-likeness (QED) is 0.727. The van der Waals surface area contributed by atoms with Crippen LogP contribution in [-0.4, -0.2) is 26.7 Å². The predicted molar refractivity (Wildman–Crippen MR) is 107 cm³/mol. The summed E-state index contributed by atoms with van der Waals surface area (Å²) in [6.07, 6.45) is 0.353. The highest BCUT2D eigenvalue weighted by Crippen LogP contribution is 2.29. The van der Waals surface area contributed by atoms with Crippen LogP contribution >= 0.6 is 0 Å². The second-order valence-corrected chi connectivity index (χ2v) is 6.49. The van der Waals surface area contributed by atoms with E-state index in [1.54, 1.807) is 32.4 Å². The fraction of sp³-hybridized carbons (Fsp3) is 0.381. The molecule has 0 heterocycles. The number of carbonyl (C=O) groups excluding carboxylic acids is 1. The van der Waals surface area contributed by atoms with Crippen molar-refractivity contribution in [3.8, 4) is 11.5 Å². The summed E-state index contributed by atoms with van der Waals surface area (Å²) in [5, 5.41) is 6.30. The number of ether oxygens (including phenoxy) is 2. The first kappa shape index (κ1) is 19.6. The average molecular weight is 356 g/mol. The number of aryl methyl sites for hydroxylation is 1. The number of hydrogen-bond acceptors (Lipinski definition) is 4. The van der Waals surface area contributed by atoms with Gasteiger partial charge in [0.25, 0.3) is 0 Å². The summed E-state index contributed by atoms with van der Waals surface area (Å²) in [6, 6.07) is 11.6. The molecule has 2 N–H and O–H groups in total. The van der Waals surface area contributed by atoms with Crippen LogP contribution in [0.5, 0.6) is 11.5 Å². The van der Waals surface area contributed by atoms with Crippen LogP contribution in [0.1, 0.15) is 37.3 Å². The lowest BCUT2D eigenvalue weighted by Crippen LogP contribution is -2.17. The lowest BCUT2D eigenvalue weighted by atomic mass is 9.98. The zero-order chi connectivity index (χ0) is 19.1. The van der Waals surface area contributed by atoms with Crippen LogP contribution in [0.25, 0.3) is 0 Å². The molecule has 0 radical (unpaired) electrons. The van der Waals surface area contributed by atoms with Crippen LogP contribution in [0.15, 0.2) is 36.4 Å². The van der Waals surface area contributed by atoms with Gasteiger partial charge in [0.1, 0.15) is 11.5 Å². The molecule has 0 aliphatic carbocycles. The summed E-state index contributed by atoms with van der Waals surface area (Å²) >= 11 is 0. The van der Waals surface area contributed by atoms with E-state index >= 15 is 0 Å². The van der Waals surface area contributed by atoms with Crippen LogP contribution in [-0.2, 0) is 4.79 Å². The van der Waals surface area contributed by atoms with Crippen molar-refractivity contribution in [1.82, 2.24) is 0 Å². The lowest BCUT2D eigenvalue weighted by Gasteiger charge is -2.17. The Kier molecular flexibility index (Phi) is 6.89. The third kappa shape index (κ3) is 4.91. The Balaban J connectivity index is 1.98. The van der Waals surface area contributed by atoms with Gasteiger partial charge in [0.05, 0.1) is 19.9 Å². The van der Waals surface area contributed by atoms with Gasteiger partial charge in [-0.25, -0.2) is 0 Å². The van der Waals surface area contributed by atoms with Crippen molar-refractivity contribution < 1.29 is 14.3 Å². The van der Waals surface area contributed by atoms with E-state index < -0.39 is 0 Å². The maximum Gasteiger partial charge on any atom is 0.226 e. The molecule has 0 aliphatic rings. The monoisotopic (exact) mass is 356 g/mol. The minimum Gasteiger partial charge on any atom is -0.497 e. The minimum absolute atomic E-state index is 0.0799. The van der Waals surface area contributed by atoms with Gasteiger partial charge >= 0.3 is 0 Å². The maximum atomic E-state index is 12.3. The second kappa shape index (κ2) is 9.13. The molecule has 0 saturated carbocycles. The topological polar surface area (TPSA) is 59.6 Å². The lowest BCUT2D eigenvalue weighted by molar-refractivity contribution is -0.116. The summed E-state index contributed by atoms with van der Waals surface area (Å²) in [4.78, 5) is 12.3. The molecule has 2 aromatic rings. The SMILES string of the molecule is COc1ccc(OC)c(NC(=O)CCNc2c(C)cccc2C(C)C)c1. The number of hydrogen-bond donors (Lipinski definition) is 2. The molecule has 0 aromatic heterocycles. The Hall–Kier alpha value is -2.69. The Morgan fingerprint density at radius 3 is 2.54 bits per heavy atom. The largest absolute Gasteiger partial charge is 0.497 e. The maximum absolute atomic E-state index is 12.3. The highest BCUT2D eigenvalue weighted by atomic mass is 16.5. The van der Waals surface area contributed by atoms with Gasteiger partial charge in [-0.3, -0.25) is 4.79 Å². The second-order valence-electron chi connectivity index (χ2n) is 6.49. The number of methoxy groups -OCH3 is 2. The molecule has 5 nitrogen and oxygen atoms in total. The number of carbonyl (C=O) groups is 1. The summed E-state index contributed by atoms with van der Waals surface area (Å²) in [7, 11) is 3.16. The minimum atomic E-state index is -0.0799. The van der Waals surface area contributed by atoms with Crippen LogP contribution in [0.2, 0.25) is 0 Å². The molecule has 140 valence electrons. The van der Waals surface area contributed by atoms with Crippen LogP contribution in [0.3, 0.4) is 0 Å². The van der Waals surface area contributed by atoms with Crippen molar-refractivity contribution in [2.45, 2.75) is 33.1 Å². The molecule has 0 atom stereocenters. The zero-order valence-corrected chi connectivity index (χ0v) is 16.2. The number of nitrogens with one attached hydrogen (secondary N) is 2. The summed E-state index contributed by atoms with van der Waals surface area (Å²) in [5.74, 6) is 1.62. The molecular formula is C21H28N2O3. The van der Waals surface area contributed by atoms with Crippen molar-refractivity contribution >= 4 is 17.3 Å². The van der Waals surface area contributed by atoms with Crippen LogP contribution in [0, 0.1) is 6.92 Å². The number of benzene rings is 2. The van der Waals surface area contributed by atoms with E-state index in [4.69, 9.17) is 9.47 Å². The molecule has 0 aliphatic heterocycles. The molecule has 26 heavy (non-hydrogen) atoms. The molecule has 0 saturated heterocycles. The van der Waals surface area contributed by atoms with E-state index in [9.17, 15) is 4.79 Å². The average Bonchev–Trinajstić information content (AvgIpc) is 2.62. The van der Waals surface area contributed by atoms with Crippen molar-refractivity contribution in [1.29, 1.82) is 0 Å². The van der Waals surface area contributed by atoms with Gasteiger partial charge in [-0.05, 0) is 36.1 Å². The molecule has 2 aromatic carbocycles. The molecule has 1 amide bonds. The summed E-state index contributed by atoms with van der Waals surface area (Å²) in [5.41, 5.74) is 4.18. The molecule has 0 spiro atoms. The first-order valence-corrected chi connectivity index (χ1v) is 8.81. The Bertz CT molecular complexity index is 757. The fourth-order valence-corrected chi connectivity index (χ4v) is 2.84. The summed E-state index contributed by atoms with van der Waals surface area (Å²) < 4.78 is 10.5. The van der Waals surface area contributed by atoms with E-state index in [0.717, 1.165) is 5.69 Å². The van der Waals surface area contributed by atoms with Gasteiger partial charge in [0.2, 0.25) is 5.91 Å². The smallest absolute Gasteiger partial charge is 0.226 e. The normalized spacial score (nSPS) is 10.5. The molecule has 0 fully saturated rings. The molecular weight excluding hydrogens is 328 g/mol. The van der Waals surface area contributed by atoms with Crippen molar-refractivity contribution in [2.24, 2.45) is 0 Å².